The van der Waals surface area contributed by atoms with Crippen LogP contribution in [0.2, 0.25) is 0 Å². The summed E-state index contributed by atoms with van der Waals surface area (Å²) in [5, 5.41) is 23.9. The van der Waals surface area contributed by atoms with Crippen LogP contribution in [0.25, 0.3) is 11.0 Å². The van der Waals surface area contributed by atoms with Gasteiger partial charge in [-0.3, -0.25) is 0 Å². The molecule has 31 heavy (non-hydrogen) atoms. The van der Waals surface area contributed by atoms with E-state index in [0.717, 1.165) is 12.1 Å². The number of imidazole rings is 1. The second-order valence-corrected chi connectivity index (χ2v) is 7.97. The van der Waals surface area contributed by atoms with E-state index in [4.69, 9.17) is 4.74 Å². The largest absolute Gasteiger partial charge is 0.492 e. The van der Waals surface area contributed by atoms with Gasteiger partial charge in [-0.25, -0.2) is 4.98 Å². The van der Waals surface area contributed by atoms with Crippen molar-refractivity contribution in [2.45, 2.75) is 43.6 Å². The van der Waals surface area contributed by atoms with E-state index in [1.165, 1.54) is 18.5 Å². The summed E-state index contributed by atoms with van der Waals surface area (Å²) in [6, 6.07) is 9.81. The summed E-state index contributed by atoms with van der Waals surface area (Å²) in [6.07, 6.45) is -2.27. The first kappa shape index (κ1) is 21.2. The Balaban J connectivity index is 1.49. The lowest BCUT2D eigenvalue weighted by Crippen LogP contribution is -2.53. The molecule has 0 bridgehead atoms. The lowest BCUT2D eigenvalue weighted by Gasteiger charge is -2.41. The number of halogens is 3. The molecule has 0 unspecified atom stereocenters. The molecule has 0 saturated carbocycles. The number of ether oxygens (including phenoxy) is 1. The van der Waals surface area contributed by atoms with E-state index in [-0.39, 0.29) is 25.1 Å². The number of aromatic nitrogens is 2. The van der Waals surface area contributed by atoms with Crippen molar-refractivity contribution in [2.75, 3.05) is 6.61 Å². The van der Waals surface area contributed by atoms with Crippen LogP contribution in [0, 0.1) is 11.3 Å². The first-order chi connectivity index (χ1) is 14.7. The number of H-pyrrole nitrogens is 1. The zero-order valence-electron chi connectivity index (χ0n) is 16.7. The fraction of sp³-hybridized carbons (Fsp3) is 0.364. The van der Waals surface area contributed by atoms with Crippen molar-refractivity contribution in [3.8, 4) is 11.8 Å². The van der Waals surface area contributed by atoms with Gasteiger partial charge in [0.1, 0.15) is 23.9 Å². The van der Waals surface area contributed by atoms with Gasteiger partial charge in [0.15, 0.2) is 0 Å². The lowest BCUT2D eigenvalue weighted by atomic mass is 9.79. The summed E-state index contributed by atoms with van der Waals surface area (Å²) in [5.41, 5.74) is 0.0680. The van der Waals surface area contributed by atoms with E-state index in [2.05, 4.69) is 21.4 Å². The van der Waals surface area contributed by atoms with Crippen molar-refractivity contribution in [1.29, 1.82) is 5.26 Å². The van der Waals surface area contributed by atoms with Gasteiger partial charge in [-0.2, -0.15) is 18.4 Å². The second kappa shape index (κ2) is 7.87. The summed E-state index contributed by atoms with van der Waals surface area (Å²) in [7, 11) is 0. The van der Waals surface area contributed by atoms with Crippen LogP contribution in [0.3, 0.4) is 0 Å². The van der Waals surface area contributed by atoms with Gasteiger partial charge in [-0.15, -0.1) is 0 Å². The second-order valence-electron chi connectivity index (χ2n) is 7.97. The fourth-order valence-electron chi connectivity index (χ4n) is 4.22. The molecule has 2 aromatic carbocycles. The molecule has 0 amide bonds. The standard InChI is InChI=1S/C22H21F3N4O2/c1-13-8-21(30,15-2-4-16(5-3-15)22(23,24)25)9-17(29-13)11-31-18-6-14(10-26)20-19(7-18)27-12-28-20/h2-7,12-13,17,29-30H,8-9,11H2,1H3,(H,27,28)/t13-,17-,21-/m0/s1. The number of rotatable bonds is 4. The molecule has 9 heteroatoms. The van der Waals surface area contributed by atoms with E-state index < -0.39 is 17.3 Å². The predicted octanol–water partition coefficient (Wildman–Crippen LogP) is 3.86. The molecule has 1 saturated heterocycles. The van der Waals surface area contributed by atoms with Crippen LogP contribution in [0.1, 0.15) is 36.5 Å². The van der Waals surface area contributed by atoms with Gasteiger partial charge in [-0.1, -0.05) is 12.1 Å². The fourth-order valence-corrected chi connectivity index (χ4v) is 4.22. The summed E-state index contributed by atoms with van der Waals surface area (Å²) in [6.45, 7) is 2.13. The number of hydrogen-bond acceptors (Lipinski definition) is 5. The number of nitrogens with zero attached hydrogens (tertiary/aromatic N) is 2. The van der Waals surface area contributed by atoms with Crippen molar-refractivity contribution in [3.05, 3.63) is 59.4 Å². The molecule has 0 spiro atoms. The Labute approximate surface area is 176 Å². The monoisotopic (exact) mass is 430 g/mol. The summed E-state index contributed by atoms with van der Waals surface area (Å²) in [4.78, 5) is 7.07. The Morgan fingerprint density at radius 3 is 2.68 bits per heavy atom. The minimum atomic E-state index is -4.42. The van der Waals surface area contributed by atoms with Gasteiger partial charge in [0.25, 0.3) is 0 Å². The van der Waals surface area contributed by atoms with Crippen molar-refractivity contribution in [2.24, 2.45) is 0 Å². The number of aromatic amines is 1. The molecule has 3 N–H and O–H groups in total. The zero-order valence-corrected chi connectivity index (χ0v) is 16.7. The molecule has 0 aliphatic carbocycles. The van der Waals surface area contributed by atoms with E-state index >= 15 is 0 Å². The highest BCUT2D eigenvalue weighted by atomic mass is 19.4. The average molecular weight is 430 g/mol. The highest BCUT2D eigenvalue weighted by Crippen LogP contribution is 2.37. The van der Waals surface area contributed by atoms with E-state index in [1.807, 2.05) is 6.92 Å². The molecular weight excluding hydrogens is 409 g/mol. The molecular formula is C22H21F3N4O2. The smallest absolute Gasteiger partial charge is 0.416 e. The number of fused-ring (bicyclic) bond motifs is 1. The molecule has 6 nitrogen and oxygen atoms in total. The van der Waals surface area contributed by atoms with Crippen LogP contribution in [0.15, 0.2) is 42.7 Å². The maximum absolute atomic E-state index is 12.9. The summed E-state index contributed by atoms with van der Waals surface area (Å²) < 4.78 is 44.5. The van der Waals surface area contributed by atoms with Crippen molar-refractivity contribution < 1.29 is 23.0 Å². The van der Waals surface area contributed by atoms with E-state index in [0.29, 0.717) is 34.3 Å². The summed E-state index contributed by atoms with van der Waals surface area (Å²) >= 11 is 0. The van der Waals surface area contributed by atoms with E-state index in [1.54, 1.807) is 12.1 Å². The normalized spacial score (nSPS) is 24.1. The Bertz CT molecular complexity index is 1120. The van der Waals surface area contributed by atoms with Crippen LogP contribution < -0.4 is 10.1 Å². The number of nitrogens with one attached hydrogen (secondary N) is 2. The van der Waals surface area contributed by atoms with Crippen LogP contribution in [-0.2, 0) is 11.8 Å². The van der Waals surface area contributed by atoms with E-state index in [9.17, 15) is 23.5 Å². The van der Waals surface area contributed by atoms with Gasteiger partial charge in [0.05, 0.1) is 28.6 Å². The van der Waals surface area contributed by atoms with Gasteiger partial charge in [0.2, 0.25) is 0 Å². The molecule has 1 aliphatic heterocycles. The molecule has 3 atom stereocenters. The van der Waals surface area contributed by atoms with Crippen molar-refractivity contribution in [1.82, 2.24) is 15.3 Å². The quantitative estimate of drug-likeness (QED) is 0.584. The lowest BCUT2D eigenvalue weighted by molar-refractivity contribution is -0.137. The highest BCUT2D eigenvalue weighted by molar-refractivity contribution is 5.82. The Hall–Kier alpha value is -3.09. The first-order valence-corrected chi connectivity index (χ1v) is 9.84. The van der Waals surface area contributed by atoms with Crippen molar-refractivity contribution >= 4 is 11.0 Å². The van der Waals surface area contributed by atoms with Gasteiger partial charge < -0.3 is 20.1 Å². The third-order valence-corrected chi connectivity index (χ3v) is 5.57. The zero-order chi connectivity index (χ0) is 22.2. The number of nitriles is 1. The Morgan fingerprint density at radius 1 is 1.26 bits per heavy atom. The molecule has 1 aromatic heterocycles. The minimum absolute atomic E-state index is 0.0700. The third kappa shape index (κ3) is 4.36. The number of alkyl halides is 3. The Kier molecular flexibility index (Phi) is 5.37. The topological polar surface area (TPSA) is 94.0 Å². The SMILES string of the molecule is C[C@H]1C[C@@](O)(c2ccc(C(F)(F)F)cc2)C[C@@H](COc2cc(C#N)c3nc[nH]c3c2)N1. The number of piperidine rings is 1. The highest BCUT2D eigenvalue weighted by Gasteiger charge is 2.40. The third-order valence-electron chi connectivity index (χ3n) is 5.57. The molecule has 3 aromatic rings. The maximum Gasteiger partial charge on any atom is 0.416 e. The number of hydrogen-bond donors (Lipinski definition) is 3. The summed E-state index contributed by atoms with van der Waals surface area (Å²) in [5.74, 6) is 0.492. The molecule has 1 fully saturated rings. The molecule has 1 aliphatic rings. The van der Waals surface area contributed by atoms with Crippen LogP contribution in [0.5, 0.6) is 5.75 Å². The average Bonchev–Trinajstić information content (AvgIpc) is 3.19. The number of aliphatic hydroxyl groups is 1. The predicted molar refractivity (Wildman–Crippen MR) is 107 cm³/mol. The molecule has 0 radical (unpaired) electrons. The molecule has 4 rings (SSSR count). The molecule has 2 heterocycles. The van der Waals surface area contributed by atoms with Crippen LogP contribution in [-0.4, -0.2) is 33.8 Å². The van der Waals surface area contributed by atoms with Crippen LogP contribution in [0.4, 0.5) is 13.2 Å². The van der Waals surface area contributed by atoms with Gasteiger partial charge >= 0.3 is 6.18 Å². The number of benzene rings is 2. The molecule has 162 valence electrons. The van der Waals surface area contributed by atoms with Crippen molar-refractivity contribution in [3.63, 3.8) is 0 Å². The maximum atomic E-state index is 12.9. The van der Waals surface area contributed by atoms with Gasteiger partial charge in [0, 0.05) is 24.2 Å². The first-order valence-electron chi connectivity index (χ1n) is 9.84. The minimum Gasteiger partial charge on any atom is -0.492 e. The van der Waals surface area contributed by atoms with Gasteiger partial charge in [-0.05, 0) is 37.5 Å². The Morgan fingerprint density at radius 2 is 2.00 bits per heavy atom. The van der Waals surface area contributed by atoms with Crippen LogP contribution >= 0.6 is 0 Å².